The molecule has 0 spiro atoms. The second kappa shape index (κ2) is 6.16. The van der Waals surface area contributed by atoms with Crippen LogP contribution in [0, 0.1) is 17.0 Å². The van der Waals surface area contributed by atoms with Gasteiger partial charge in [0.05, 0.1) is 0 Å². The van der Waals surface area contributed by atoms with Crippen LogP contribution >= 0.6 is 12.4 Å². The van der Waals surface area contributed by atoms with Gasteiger partial charge in [-0.15, -0.1) is 12.4 Å². The van der Waals surface area contributed by atoms with Crippen molar-refractivity contribution >= 4 is 12.4 Å². The molecule has 2 N–H and O–H groups in total. The number of benzene rings is 1. The molecule has 1 fully saturated rings. The average Bonchev–Trinajstić information content (AvgIpc) is 2.72. The molecule has 1 aliphatic rings. The van der Waals surface area contributed by atoms with Gasteiger partial charge in [-0.25, -0.2) is 8.78 Å². The van der Waals surface area contributed by atoms with E-state index >= 15 is 0 Å². The Labute approximate surface area is 119 Å². The van der Waals surface area contributed by atoms with Gasteiger partial charge in [0.2, 0.25) is 0 Å². The fourth-order valence-corrected chi connectivity index (χ4v) is 2.65. The summed E-state index contributed by atoms with van der Waals surface area (Å²) in [6, 6.07) is 3.77. The summed E-state index contributed by atoms with van der Waals surface area (Å²) >= 11 is 0. The summed E-state index contributed by atoms with van der Waals surface area (Å²) in [5, 5.41) is 0. The lowest BCUT2D eigenvalue weighted by Gasteiger charge is -2.28. The summed E-state index contributed by atoms with van der Waals surface area (Å²) in [6.07, 6.45) is 0.976. The fourth-order valence-electron chi connectivity index (χ4n) is 2.65. The largest absolute Gasteiger partial charge is 0.330 e. The Hall–Kier alpha value is -0.710. The molecule has 0 aromatic heterocycles. The molecule has 0 amide bonds. The lowest BCUT2D eigenvalue weighted by molar-refractivity contribution is 0.219. The highest BCUT2D eigenvalue weighted by molar-refractivity contribution is 5.85. The summed E-state index contributed by atoms with van der Waals surface area (Å²) in [4.78, 5) is 2.11. The van der Waals surface area contributed by atoms with Crippen LogP contribution in [0.25, 0.3) is 0 Å². The number of hydrogen-bond donors (Lipinski definition) is 1. The van der Waals surface area contributed by atoms with Crippen LogP contribution in [0.3, 0.4) is 0 Å². The van der Waals surface area contributed by atoms with Crippen molar-refractivity contribution in [2.45, 2.75) is 26.3 Å². The smallest absolute Gasteiger partial charge is 0.130 e. The predicted molar refractivity (Wildman–Crippen MR) is 75.4 cm³/mol. The van der Waals surface area contributed by atoms with Gasteiger partial charge in [-0.2, -0.15) is 0 Å². The summed E-state index contributed by atoms with van der Waals surface area (Å²) in [6.45, 7) is 6.21. The highest BCUT2D eigenvalue weighted by Gasteiger charge is 2.36. The van der Waals surface area contributed by atoms with Gasteiger partial charge in [-0.05, 0) is 44.0 Å². The van der Waals surface area contributed by atoms with Crippen LogP contribution in [-0.2, 0) is 0 Å². The molecule has 2 unspecified atom stereocenters. The normalized spacial score (nSPS) is 25.1. The van der Waals surface area contributed by atoms with Crippen LogP contribution in [0.2, 0.25) is 0 Å². The molecule has 5 heteroatoms. The topological polar surface area (TPSA) is 29.3 Å². The molecular weight excluding hydrogens is 270 g/mol. The van der Waals surface area contributed by atoms with Crippen LogP contribution < -0.4 is 5.73 Å². The summed E-state index contributed by atoms with van der Waals surface area (Å²) in [5.41, 5.74) is 5.99. The molecule has 108 valence electrons. The fraction of sp³-hybridized carbons (Fsp3) is 0.571. The van der Waals surface area contributed by atoms with Gasteiger partial charge in [0.15, 0.2) is 0 Å². The van der Waals surface area contributed by atoms with E-state index in [0.717, 1.165) is 19.5 Å². The standard InChI is InChI=1S/C14H20F2N2.ClH/c1-10(13-11(15)4-3-5-12(13)16)18-7-6-14(2,8-17)9-18;/h3-5,10H,6-9,17H2,1-2H3;1H. The van der Waals surface area contributed by atoms with Gasteiger partial charge in [-0.1, -0.05) is 13.0 Å². The molecule has 0 radical (unpaired) electrons. The molecule has 1 aliphatic heterocycles. The van der Waals surface area contributed by atoms with Crippen LogP contribution in [0.4, 0.5) is 8.78 Å². The Bertz CT molecular complexity index is 421. The monoisotopic (exact) mass is 290 g/mol. The molecule has 2 atom stereocenters. The Morgan fingerprint density at radius 3 is 2.42 bits per heavy atom. The molecule has 2 rings (SSSR count). The predicted octanol–water partition coefficient (Wildman–Crippen LogP) is 3.12. The first-order chi connectivity index (χ1) is 8.47. The third-order valence-corrected chi connectivity index (χ3v) is 4.05. The zero-order valence-electron chi connectivity index (χ0n) is 11.3. The molecule has 1 saturated heterocycles. The molecule has 1 heterocycles. The Kier molecular flexibility index (Phi) is 5.30. The average molecular weight is 291 g/mol. The minimum Gasteiger partial charge on any atom is -0.330 e. The molecule has 19 heavy (non-hydrogen) atoms. The summed E-state index contributed by atoms with van der Waals surface area (Å²) < 4.78 is 27.5. The van der Waals surface area contributed by atoms with Crippen molar-refractivity contribution in [1.29, 1.82) is 0 Å². The number of halogens is 3. The van der Waals surface area contributed by atoms with Gasteiger partial charge in [-0.3, -0.25) is 4.90 Å². The van der Waals surface area contributed by atoms with E-state index in [-0.39, 0.29) is 29.4 Å². The van der Waals surface area contributed by atoms with Gasteiger partial charge in [0.1, 0.15) is 11.6 Å². The van der Waals surface area contributed by atoms with Crippen molar-refractivity contribution in [3.63, 3.8) is 0 Å². The van der Waals surface area contributed by atoms with Crippen molar-refractivity contribution in [2.24, 2.45) is 11.1 Å². The number of nitrogens with two attached hydrogens (primary N) is 1. The third-order valence-electron chi connectivity index (χ3n) is 4.05. The van der Waals surface area contributed by atoms with E-state index in [4.69, 9.17) is 5.73 Å². The molecule has 0 saturated carbocycles. The quantitative estimate of drug-likeness (QED) is 0.927. The van der Waals surface area contributed by atoms with Gasteiger partial charge >= 0.3 is 0 Å². The molecule has 0 bridgehead atoms. The van der Waals surface area contributed by atoms with E-state index in [0.29, 0.717) is 6.54 Å². The van der Waals surface area contributed by atoms with Gasteiger partial charge < -0.3 is 5.73 Å². The molecule has 0 aliphatic carbocycles. The Morgan fingerprint density at radius 1 is 1.37 bits per heavy atom. The second-order valence-corrected chi connectivity index (χ2v) is 5.55. The second-order valence-electron chi connectivity index (χ2n) is 5.55. The van der Waals surface area contributed by atoms with Gasteiger partial charge in [0, 0.05) is 18.2 Å². The van der Waals surface area contributed by atoms with Crippen LogP contribution in [-0.4, -0.2) is 24.5 Å². The minimum atomic E-state index is -0.469. The zero-order valence-corrected chi connectivity index (χ0v) is 12.1. The highest BCUT2D eigenvalue weighted by Crippen LogP contribution is 2.35. The zero-order chi connectivity index (χ0) is 13.3. The van der Waals surface area contributed by atoms with Crippen molar-refractivity contribution < 1.29 is 8.78 Å². The first-order valence-electron chi connectivity index (χ1n) is 6.35. The Balaban J connectivity index is 0.00000180. The van der Waals surface area contributed by atoms with E-state index < -0.39 is 11.6 Å². The Morgan fingerprint density at radius 2 is 1.95 bits per heavy atom. The number of likely N-dealkylation sites (tertiary alicyclic amines) is 1. The lowest BCUT2D eigenvalue weighted by atomic mass is 9.90. The third kappa shape index (κ3) is 3.25. The van der Waals surface area contributed by atoms with Crippen LogP contribution in [0.1, 0.15) is 31.9 Å². The number of rotatable bonds is 3. The number of hydrogen-bond acceptors (Lipinski definition) is 2. The first-order valence-corrected chi connectivity index (χ1v) is 6.35. The van der Waals surface area contributed by atoms with Gasteiger partial charge in [0.25, 0.3) is 0 Å². The minimum absolute atomic E-state index is 0. The summed E-state index contributed by atoms with van der Waals surface area (Å²) in [5.74, 6) is -0.937. The molecule has 2 nitrogen and oxygen atoms in total. The maximum absolute atomic E-state index is 13.7. The molecular formula is C14H21ClF2N2. The van der Waals surface area contributed by atoms with E-state index in [2.05, 4.69) is 11.8 Å². The van der Waals surface area contributed by atoms with E-state index in [1.807, 2.05) is 6.92 Å². The van der Waals surface area contributed by atoms with Crippen molar-refractivity contribution in [3.05, 3.63) is 35.4 Å². The lowest BCUT2D eigenvalue weighted by Crippen LogP contribution is -2.33. The number of nitrogens with zero attached hydrogens (tertiary/aromatic N) is 1. The maximum Gasteiger partial charge on any atom is 0.130 e. The SMILES string of the molecule is CC(c1c(F)cccc1F)N1CCC(C)(CN)C1.Cl. The van der Waals surface area contributed by atoms with E-state index in [9.17, 15) is 8.78 Å². The van der Waals surface area contributed by atoms with Crippen LogP contribution in [0.5, 0.6) is 0 Å². The van der Waals surface area contributed by atoms with Crippen molar-refractivity contribution in [3.8, 4) is 0 Å². The van der Waals surface area contributed by atoms with E-state index in [1.165, 1.54) is 18.2 Å². The molecule has 1 aromatic carbocycles. The van der Waals surface area contributed by atoms with Crippen molar-refractivity contribution in [1.82, 2.24) is 4.90 Å². The maximum atomic E-state index is 13.7. The van der Waals surface area contributed by atoms with E-state index in [1.54, 1.807) is 0 Å². The van der Waals surface area contributed by atoms with Crippen molar-refractivity contribution in [2.75, 3.05) is 19.6 Å². The summed E-state index contributed by atoms with van der Waals surface area (Å²) in [7, 11) is 0. The van der Waals surface area contributed by atoms with Crippen LogP contribution in [0.15, 0.2) is 18.2 Å². The molecule has 1 aromatic rings. The highest BCUT2D eigenvalue weighted by atomic mass is 35.5. The first kappa shape index (κ1) is 16.3.